The van der Waals surface area contributed by atoms with Crippen molar-refractivity contribution in [2.75, 3.05) is 0 Å². The van der Waals surface area contributed by atoms with Gasteiger partial charge in [0.15, 0.2) is 16.6 Å². The molecule has 0 radical (unpaired) electrons. The average molecular weight is 700 g/mol. The Balaban J connectivity index is 1.51. The van der Waals surface area contributed by atoms with Crippen molar-refractivity contribution >= 4 is 28.0 Å². The SMILES string of the molecule is C=C1/C(=C\C=C2/CCC[C@]3(C)[C@@H]([C@@H](C)CCCC(O)c4nccs4)CC[C@@H]23)C[C@@H](O[Si](C)(C)C(C)(C)C)C[C@@H]1O[Si](C)(C)C(C)(C)C. The fourth-order valence-electron chi connectivity index (χ4n) is 8.34. The standard InChI is InChI=1S/C40H69NO3SSi2/c1-28(16-14-18-35(42)37-41-24-25-45-37)33-21-22-34-30(17-15-23-40(33,34)9)19-20-31-26-32(43-46(10,11)38(3,4)5)27-36(29(31)2)44-47(12,13)39(6,7)8/h19-20,24-25,28,32-36,42H,2,14-18,21-23,26-27H2,1,3-13H3/b30-19+,31-20-/t28-,32+,33+,34-,35?,36-,40+/m0/s1. The van der Waals surface area contributed by atoms with Crippen LogP contribution in [0.4, 0.5) is 0 Å². The van der Waals surface area contributed by atoms with Crippen LogP contribution < -0.4 is 0 Å². The molecular weight excluding hydrogens is 631 g/mol. The summed E-state index contributed by atoms with van der Waals surface area (Å²) in [6, 6.07) is 0. The monoisotopic (exact) mass is 699 g/mol. The zero-order chi connectivity index (χ0) is 35.0. The summed E-state index contributed by atoms with van der Waals surface area (Å²) >= 11 is 1.56. The maximum atomic E-state index is 10.6. The average Bonchev–Trinajstić information content (AvgIpc) is 3.60. The van der Waals surface area contributed by atoms with E-state index < -0.39 is 22.7 Å². The molecule has 0 aliphatic heterocycles. The van der Waals surface area contributed by atoms with Gasteiger partial charge in [0.2, 0.25) is 0 Å². The van der Waals surface area contributed by atoms with Gasteiger partial charge in [-0.3, -0.25) is 0 Å². The number of thiazole rings is 1. The highest BCUT2D eigenvalue weighted by Crippen LogP contribution is 2.60. The maximum Gasteiger partial charge on any atom is 0.192 e. The summed E-state index contributed by atoms with van der Waals surface area (Å²) < 4.78 is 14.2. The molecule has 0 spiro atoms. The van der Waals surface area contributed by atoms with E-state index in [0.29, 0.717) is 17.3 Å². The minimum Gasteiger partial charge on any atom is -0.413 e. The molecule has 1 unspecified atom stereocenters. The number of aliphatic hydroxyl groups is 1. The van der Waals surface area contributed by atoms with Crippen LogP contribution in [0.1, 0.15) is 131 Å². The highest BCUT2D eigenvalue weighted by Gasteiger charge is 2.50. The van der Waals surface area contributed by atoms with E-state index in [-0.39, 0.29) is 22.3 Å². The van der Waals surface area contributed by atoms with E-state index in [1.807, 2.05) is 5.38 Å². The first-order valence-corrected chi connectivity index (χ1v) is 25.4. The summed E-state index contributed by atoms with van der Waals surface area (Å²) in [5.74, 6) is 2.08. The van der Waals surface area contributed by atoms with E-state index in [9.17, 15) is 5.11 Å². The predicted molar refractivity (Wildman–Crippen MR) is 207 cm³/mol. The third kappa shape index (κ3) is 8.91. The van der Waals surface area contributed by atoms with Crippen LogP contribution in [0.15, 0.2) is 47.0 Å². The van der Waals surface area contributed by atoms with Crippen LogP contribution in [0, 0.1) is 23.2 Å². The molecule has 0 aromatic carbocycles. The molecule has 4 rings (SSSR count). The zero-order valence-electron chi connectivity index (χ0n) is 32.2. The lowest BCUT2D eigenvalue weighted by Gasteiger charge is -2.46. The largest absolute Gasteiger partial charge is 0.413 e. The Morgan fingerprint density at radius 3 is 2.32 bits per heavy atom. The first kappa shape index (κ1) is 39.0. The number of nitrogens with zero attached hydrogens (tertiary/aromatic N) is 1. The lowest BCUT2D eigenvalue weighted by atomic mass is 9.60. The lowest BCUT2D eigenvalue weighted by molar-refractivity contribution is 0.0897. The first-order chi connectivity index (χ1) is 21.7. The molecule has 47 heavy (non-hydrogen) atoms. The predicted octanol–water partition coefficient (Wildman–Crippen LogP) is 12.2. The van der Waals surface area contributed by atoms with E-state index in [1.165, 1.54) is 49.7 Å². The van der Waals surface area contributed by atoms with Crippen LogP contribution in [0.25, 0.3) is 0 Å². The summed E-state index contributed by atoms with van der Waals surface area (Å²) in [6.45, 7) is 33.3. The molecule has 7 heteroatoms. The quantitative estimate of drug-likeness (QED) is 0.234. The number of rotatable bonds is 11. The molecular formula is C40H69NO3SSi2. The summed E-state index contributed by atoms with van der Waals surface area (Å²) in [7, 11) is -3.92. The summed E-state index contributed by atoms with van der Waals surface area (Å²) in [4.78, 5) is 4.32. The van der Waals surface area contributed by atoms with E-state index in [4.69, 9.17) is 15.4 Å². The molecule has 1 aromatic rings. The molecule has 0 saturated heterocycles. The maximum absolute atomic E-state index is 10.6. The van der Waals surface area contributed by atoms with Crippen LogP contribution in [0.3, 0.4) is 0 Å². The fraction of sp³-hybridized carbons (Fsp3) is 0.775. The van der Waals surface area contributed by atoms with Crippen molar-refractivity contribution in [3.8, 4) is 0 Å². The van der Waals surface area contributed by atoms with E-state index >= 15 is 0 Å². The van der Waals surface area contributed by atoms with Gasteiger partial charge in [0.25, 0.3) is 0 Å². The molecule has 3 aliphatic rings. The third-order valence-corrected chi connectivity index (χ3v) is 23.2. The molecule has 1 aromatic heterocycles. The third-order valence-electron chi connectivity index (χ3n) is 13.3. The van der Waals surface area contributed by atoms with Gasteiger partial charge in [0.05, 0.1) is 12.2 Å². The van der Waals surface area contributed by atoms with Gasteiger partial charge < -0.3 is 14.0 Å². The van der Waals surface area contributed by atoms with Crippen LogP contribution >= 0.6 is 11.3 Å². The second kappa shape index (κ2) is 14.8. The van der Waals surface area contributed by atoms with Gasteiger partial charge in [-0.2, -0.15) is 0 Å². The highest BCUT2D eigenvalue weighted by molar-refractivity contribution is 7.09. The Kier molecular flexibility index (Phi) is 12.3. The van der Waals surface area contributed by atoms with E-state index in [0.717, 1.165) is 36.6 Å². The zero-order valence-corrected chi connectivity index (χ0v) is 35.0. The number of aromatic nitrogens is 1. The molecule has 4 nitrogen and oxygen atoms in total. The second-order valence-electron chi connectivity index (χ2n) is 18.7. The molecule has 0 amide bonds. The van der Waals surface area contributed by atoms with Gasteiger partial charge in [0.1, 0.15) is 11.1 Å². The number of hydrogen-bond donors (Lipinski definition) is 1. The van der Waals surface area contributed by atoms with Gasteiger partial charge in [-0.05, 0) is 116 Å². The van der Waals surface area contributed by atoms with Crippen molar-refractivity contribution in [3.05, 3.63) is 52.0 Å². The summed E-state index contributed by atoms with van der Waals surface area (Å²) in [6.07, 6.45) is 17.9. The van der Waals surface area contributed by atoms with Crippen molar-refractivity contribution in [1.82, 2.24) is 4.98 Å². The Morgan fingerprint density at radius 2 is 1.70 bits per heavy atom. The number of allylic oxidation sites excluding steroid dienone is 3. The molecule has 266 valence electrons. The molecule has 3 saturated carbocycles. The lowest BCUT2D eigenvalue weighted by Crippen LogP contribution is -2.49. The Morgan fingerprint density at radius 1 is 1.04 bits per heavy atom. The Hall–Kier alpha value is -0.836. The van der Waals surface area contributed by atoms with Gasteiger partial charge >= 0.3 is 0 Å². The van der Waals surface area contributed by atoms with Crippen LogP contribution in [-0.2, 0) is 8.85 Å². The van der Waals surface area contributed by atoms with Gasteiger partial charge in [-0.25, -0.2) is 4.98 Å². The minimum atomic E-state index is -1.98. The molecule has 1 N–H and O–H groups in total. The summed E-state index contributed by atoms with van der Waals surface area (Å²) in [5, 5.41) is 13.7. The Bertz CT molecular complexity index is 1270. The molecule has 3 aliphatic carbocycles. The van der Waals surface area contributed by atoms with Crippen molar-refractivity contribution in [1.29, 1.82) is 0 Å². The van der Waals surface area contributed by atoms with Gasteiger partial charge in [0, 0.05) is 18.0 Å². The smallest absolute Gasteiger partial charge is 0.192 e. The first-order valence-electron chi connectivity index (χ1n) is 18.7. The topological polar surface area (TPSA) is 51.6 Å². The fourth-order valence-corrected chi connectivity index (χ4v) is 11.7. The van der Waals surface area contributed by atoms with Crippen LogP contribution in [-0.4, -0.2) is 38.9 Å². The highest BCUT2D eigenvalue weighted by atomic mass is 32.1. The van der Waals surface area contributed by atoms with Crippen LogP contribution in [0.2, 0.25) is 36.3 Å². The second-order valence-corrected chi connectivity index (χ2v) is 29.1. The van der Waals surface area contributed by atoms with Crippen molar-refractivity contribution in [2.24, 2.45) is 23.2 Å². The number of fused-ring (bicyclic) bond motifs is 1. The van der Waals surface area contributed by atoms with Crippen molar-refractivity contribution in [3.63, 3.8) is 0 Å². The van der Waals surface area contributed by atoms with Crippen molar-refractivity contribution < 1.29 is 14.0 Å². The van der Waals surface area contributed by atoms with Crippen molar-refractivity contribution in [2.45, 2.75) is 174 Å². The normalized spacial score (nSPS) is 31.0. The summed E-state index contributed by atoms with van der Waals surface area (Å²) in [5.41, 5.74) is 4.53. The Labute approximate surface area is 295 Å². The van der Waals surface area contributed by atoms with Gasteiger partial charge in [-0.1, -0.05) is 92.5 Å². The number of hydrogen-bond acceptors (Lipinski definition) is 5. The van der Waals surface area contributed by atoms with Gasteiger partial charge in [-0.15, -0.1) is 11.3 Å². The molecule has 0 bridgehead atoms. The minimum absolute atomic E-state index is 0.0199. The van der Waals surface area contributed by atoms with Crippen LogP contribution in [0.5, 0.6) is 0 Å². The van der Waals surface area contributed by atoms with E-state index in [2.05, 4.69) is 98.7 Å². The molecule has 3 fully saturated rings. The molecule has 1 heterocycles. The van der Waals surface area contributed by atoms with E-state index in [1.54, 1.807) is 23.1 Å². The molecule has 7 atom stereocenters. The number of aliphatic hydroxyl groups excluding tert-OH is 1.